The molecule has 21 heavy (non-hydrogen) atoms. The average molecular weight is 310 g/mol. The lowest BCUT2D eigenvalue weighted by Gasteiger charge is -2.28. The average Bonchev–Trinajstić information content (AvgIpc) is 3.01. The second-order valence-corrected chi connectivity index (χ2v) is 7.07. The zero-order valence-electron chi connectivity index (χ0n) is 12.0. The van der Waals surface area contributed by atoms with Crippen LogP contribution in [0.3, 0.4) is 0 Å². The van der Waals surface area contributed by atoms with E-state index in [1.54, 1.807) is 6.07 Å². The van der Waals surface area contributed by atoms with Crippen molar-refractivity contribution in [1.29, 1.82) is 0 Å². The van der Waals surface area contributed by atoms with E-state index in [1.807, 2.05) is 13.8 Å². The summed E-state index contributed by atoms with van der Waals surface area (Å²) in [6, 6.07) is 0.871. The van der Waals surface area contributed by atoms with Gasteiger partial charge in [-0.15, -0.1) is 11.8 Å². The summed E-state index contributed by atoms with van der Waals surface area (Å²) in [7, 11) is 0. The third kappa shape index (κ3) is 2.66. The van der Waals surface area contributed by atoms with Crippen LogP contribution in [0.1, 0.15) is 48.9 Å². The molecule has 1 N–H and O–H groups in total. The van der Waals surface area contributed by atoms with Crippen LogP contribution in [0.15, 0.2) is 10.6 Å². The molecule has 7 heteroatoms. The van der Waals surface area contributed by atoms with Gasteiger partial charge >= 0.3 is 5.97 Å². The summed E-state index contributed by atoms with van der Waals surface area (Å²) in [5.74, 6) is 0.392. The van der Waals surface area contributed by atoms with Crippen molar-refractivity contribution in [2.45, 2.75) is 44.0 Å². The van der Waals surface area contributed by atoms with Crippen LogP contribution in [0.25, 0.3) is 0 Å². The van der Waals surface area contributed by atoms with Gasteiger partial charge in [0.2, 0.25) is 0 Å². The highest BCUT2D eigenvalue weighted by Gasteiger charge is 2.44. The van der Waals surface area contributed by atoms with Crippen molar-refractivity contribution >= 4 is 23.6 Å². The summed E-state index contributed by atoms with van der Waals surface area (Å²) < 4.78 is 5.21. The summed E-state index contributed by atoms with van der Waals surface area (Å²) in [6.07, 6.45) is 2.13. The third-order valence-electron chi connectivity index (χ3n) is 3.85. The van der Waals surface area contributed by atoms with Crippen LogP contribution in [0.4, 0.5) is 0 Å². The number of carboxylic acid groups (broad SMARTS) is 1. The Balaban J connectivity index is 1.85. The molecular weight excluding hydrogens is 292 g/mol. The minimum Gasteiger partial charge on any atom is -0.480 e. The Morgan fingerprint density at radius 1 is 1.48 bits per heavy atom. The monoisotopic (exact) mass is 310 g/mol. The van der Waals surface area contributed by atoms with E-state index in [1.165, 1.54) is 16.7 Å². The minimum absolute atomic E-state index is 0.139. The second-order valence-electron chi connectivity index (χ2n) is 5.92. The highest BCUT2D eigenvalue weighted by molar-refractivity contribution is 8.00. The Bertz CT molecular complexity index is 567. The number of hydrogen-bond acceptors (Lipinski definition) is 5. The van der Waals surface area contributed by atoms with Crippen molar-refractivity contribution in [2.75, 3.05) is 5.75 Å². The van der Waals surface area contributed by atoms with Crippen LogP contribution < -0.4 is 0 Å². The fraction of sp³-hybridized carbons (Fsp3) is 0.643. The fourth-order valence-electron chi connectivity index (χ4n) is 2.57. The molecule has 6 nitrogen and oxygen atoms in total. The molecule has 2 atom stereocenters. The van der Waals surface area contributed by atoms with Crippen molar-refractivity contribution in [3.8, 4) is 0 Å². The molecule has 0 bridgehead atoms. The van der Waals surface area contributed by atoms with E-state index in [9.17, 15) is 14.7 Å². The Morgan fingerprint density at radius 3 is 2.76 bits per heavy atom. The van der Waals surface area contributed by atoms with Gasteiger partial charge in [0.15, 0.2) is 5.69 Å². The zero-order chi connectivity index (χ0) is 15.1. The van der Waals surface area contributed by atoms with Crippen molar-refractivity contribution < 1.29 is 19.2 Å². The Hall–Kier alpha value is -1.50. The normalized spacial score (nSPS) is 25.6. The summed E-state index contributed by atoms with van der Waals surface area (Å²) in [4.78, 5) is 25.5. The smallest absolute Gasteiger partial charge is 0.327 e. The molecule has 3 rings (SSSR count). The van der Waals surface area contributed by atoms with Crippen molar-refractivity contribution in [2.24, 2.45) is 5.92 Å². The van der Waals surface area contributed by atoms with Crippen LogP contribution >= 0.6 is 11.8 Å². The van der Waals surface area contributed by atoms with Gasteiger partial charge in [0, 0.05) is 17.7 Å². The lowest BCUT2D eigenvalue weighted by Crippen LogP contribution is -2.47. The molecule has 1 saturated heterocycles. The van der Waals surface area contributed by atoms with E-state index < -0.39 is 12.0 Å². The van der Waals surface area contributed by atoms with Gasteiger partial charge in [-0.25, -0.2) is 4.79 Å². The first-order chi connectivity index (χ1) is 9.99. The molecule has 1 aliphatic carbocycles. The third-order valence-corrected chi connectivity index (χ3v) is 5.47. The number of thioether (sulfide) groups is 1. The molecule has 1 amide bonds. The first-order valence-electron chi connectivity index (χ1n) is 7.12. The SMILES string of the molecule is CC(C)C1SCC(C(=O)O)N1C(=O)c1cc(C2CC2)on1. The largest absolute Gasteiger partial charge is 0.480 e. The van der Waals surface area contributed by atoms with Crippen LogP contribution in [-0.4, -0.2) is 44.2 Å². The molecular formula is C14H18N2O4S. The van der Waals surface area contributed by atoms with Crippen LogP contribution in [0.2, 0.25) is 0 Å². The number of amides is 1. The molecule has 1 aliphatic heterocycles. The first-order valence-corrected chi connectivity index (χ1v) is 8.17. The van der Waals surface area contributed by atoms with Crippen LogP contribution in [-0.2, 0) is 4.79 Å². The van der Waals surface area contributed by atoms with E-state index in [0.717, 1.165) is 18.6 Å². The maximum atomic E-state index is 12.7. The number of rotatable bonds is 4. The molecule has 2 heterocycles. The molecule has 2 fully saturated rings. The molecule has 1 aromatic heterocycles. The Kier molecular flexibility index (Phi) is 3.69. The molecule has 1 aromatic rings. The van der Waals surface area contributed by atoms with Gasteiger partial charge in [0.25, 0.3) is 5.91 Å². The lowest BCUT2D eigenvalue weighted by atomic mass is 10.1. The van der Waals surface area contributed by atoms with E-state index in [-0.39, 0.29) is 22.9 Å². The number of carbonyl (C=O) groups is 2. The molecule has 1 saturated carbocycles. The van der Waals surface area contributed by atoms with Gasteiger partial charge in [-0.3, -0.25) is 4.79 Å². The first kappa shape index (κ1) is 14.4. The highest BCUT2D eigenvalue weighted by Crippen LogP contribution is 2.41. The molecule has 0 radical (unpaired) electrons. The molecule has 2 aliphatic rings. The zero-order valence-corrected chi connectivity index (χ0v) is 12.8. The maximum absolute atomic E-state index is 12.7. The van der Waals surface area contributed by atoms with Gasteiger partial charge in [-0.2, -0.15) is 0 Å². The van der Waals surface area contributed by atoms with E-state index in [2.05, 4.69) is 5.16 Å². The molecule has 0 aromatic carbocycles. The van der Waals surface area contributed by atoms with Gasteiger partial charge in [-0.1, -0.05) is 19.0 Å². The number of aromatic nitrogens is 1. The number of hydrogen-bond donors (Lipinski definition) is 1. The molecule has 2 unspecified atom stereocenters. The predicted molar refractivity (Wildman–Crippen MR) is 77.2 cm³/mol. The topological polar surface area (TPSA) is 83.6 Å². The van der Waals surface area contributed by atoms with E-state index in [4.69, 9.17) is 4.52 Å². The van der Waals surface area contributed by atoms with Crippen LogP contribution in [0, 0.1) is 5.92 Å². The number of carboxylic acids is 1. The Labute approximate surface area is 126 Å². The predicted octanol–water partition coefficient (Wildman–Crippen LogP) is 2.18. The molecule has 0 spiro atoms. The van der Waals surface area contributed by atoms with Gasteiger partial charge in [0.1, 0.15) is 11.8 Å². The standard InChI is InChI=1S/C14H18N2O4S/c1-7(2)13-16(10(6-21-13)14(18)19)12(17)9-5-11(20-15-9)8-3-4-8/h5,7-8,10,13H,3-4,6H2,1-2H3,(H,18,19). The number of nitrogens with zero attached hydrogens (tertiary/aromatic N) is 2. The summed E-state index contributed by atoms with van der Waals surface area (Å²) >= 11 is 1.51. The fourth-order valence-corrected chi connectivity index (χ4v) is 4.04. The minimum atomic E-state index is -0.968. The Morgan fingerprint density at radius 2 is 2.19 bits per heavy atom. The summed E-state index contributed by atoms with van der Waals surface area (Å²) in [5.41, 5.74) is 0.219. The van der Waals surface area contributed by atoms with Crippen molar-refractivity contribution in [3.05, 3.63) is 17.5 Å². The molecule has 114 valence electrons. The van der Waals surface area contributed by atoms with E-state index in [0.29, 0.717) is 11.7 Å². The second kappa shape index (κ2) is 5.36. The summed E-state index contributed by atoms with van der Waals surface area (Å²) in [5, 5.41) is 13.0. The number of aliphatic carboxylic acids is 1. The van der Waals surface area contributed by atoms with Gasteiger partial charge in [-0.05, 0) is 18.8 Å². The van der Waals surface area contributed by atoms with Crippen molar-refractivity contribution in [1.82, 2.24) is 10.1 Å². The summed E-state index contributed by atoms with van der Waals surface area (Å²) in [6.45, 7) is 3.97. The van der Waals surface area contributed by atoms with Crippen LogP contribution in [0.5, 0.6) is 0 Å². The quantitative estimate of drug-likeness (QED) is 0.917. The van der Waals surface area contributed by atoms with Crippen molar-refractivity contribution in [3.63, 3.8) is 0 Å². The highest BCUT2D eigenvalue weighted by atomic mass is 32.2. The number of carbonyl (C=O) groups excluding carboxylic acids is 1. The lowest BCUT2D eigenvalue weighted by molar-refractivity contribution is -0.141. The maximum Gasteiger partial charge on any atom is 0.327 e. The van der Waals surface area contributed by atoms with E-state index >= 15 is 0 Å². The van der Waals surface area contributed by atoms with Gasteiger partial charge in [0.05, 0.1) is 5.37 Å². The van der Waals surface area contributed by atoms with Gasteiger partial charge < -0.3 is 14.5 Å².